The highest BCUT2D eigenvalue weighted by Gasteiger charge is 2.09. The molecule has 0 saturated heterocycles. The Morgan fingerprint density at radius 2 is 2.27 bits per heavy atom. The van der Waals surface area contributed by atoms with Gasteiger partial charge in [-0.15, -0.1) is 0 Å². The zero-order valence-electron chi connectivity index (χ0n) is 7.57. The normalized spacial score (nSPS) is 10.2. The second-order valence-electron chi connectivity index (χ2n) is 2.94. The Kier molecular flexibility index (Phi) is 2.55. The molecule has 76 valence electrons. The molecule has 0 atom stereocenters. The largest absolute Gasteiger partial charge is 0.478 e. The van der Waals surface area contributed by atoms with E-state index in [0.717, 1.165) is 10.0 Å². The lowest BCUT2D eigenvalue weighted by molar-refractivity contribution is 0.0697. The Labute approximate surface area is 94.1 Å². The maximum absolute atomic E-state index is 10.8. The van der Waals surface area contributed by atoms with Gasteiger partial charge in [0.25, 0.3) is 0 Å². The van der Waals surface area contributed by atoms with Gasteiger partial charge in [-0.2, -0.15) is 0 Å². The number of aromatic nitrogens is 2. The summed E-state index contributed by atoms with van der Waals surface area (Å²) in [6.07, 6.45) is 3.31. The van der Waals surface area contributed by atoms with E-state index in [4.69, 9.17) is 5.11 Å². The summed E-state index contributed by atoms with van der Waals surface area (Å²) in [6.45, 7) is 0. The summed E-state index contributed by atoms with van der Waals surface area (Å²) in [5.74, 6) is -0.305. The number of aromatic amines is 1. The summed E-state index contributed by atoms with van der Waals surface area (Å²) in [6, 6.07) is 4.81. The third-order valence-corrected chi connectivity index (χ3v) is 2.66. The minimum absolute atomic E-state index is 0.240. The minimum atomic E-state index is -0.949. The number of benzene rings is 1. The van der Waals surface area contributed by atoms with Crippen molar-refractivity contribution in [3.8, 4) is 11.4 Å². The van der Waals surface area contributed by atoms with E-state index in [1.807, 2.05) is 0 Å². The maximum atomic E-state index is 10.8. The number of nitrogens with zero attached hydrogens (tertiary/aromatic N) is 1. The van der Waals surface area contributed by atoms with Crippen molar-refractivity contribution in [1.29, 1.82) is 0 Å². The lowest BCUT2D eigenvalue weighted by Crippen LogP contribution is -1.96. The Morgan fingerprint density at radius 1 is 1.47 bits per heavy atom. The van der Waals surface area contributed by atoms with Gasteiger partial charge in [0.15, 0.2) is 0 Å². The molecular weight excluding hydrogens is 260 g/mol. The van der Waals surface area contributed by atoms with Crippen molar-refractivity contribution in [3.63, 3.8) is 0 Å². The summed E-state index contributed by atoms with van der Waals surface area (Å²) in [4.78, 5) is 17.8. The lowest BCUT2D eigenvalue weighted by Gasteiger charge is -2.02. The van der Waals surface area contributed by atoms with E-state index in [2.05, 4.69) is 25.9 Å². The van der Waals surface area contributed by atoms with Crippen LogP contribution in [-0.4, -0.2) is 21.0 Å². The summed E-state index contributed by atoms with van der Waals surface area (Å²) < 4.78 is 0.808. The quantitative estimate of drug-likeness (QED) is 0.878. The van der Waals surface area contributed by atoms with Gasteiger partial charge in [0, 0.05) is 22.4 Å². The Bertz CT molecular complexity index is 494. The molecule has 5 heteroatoms. The first-order valence-electron chi connectivity index (χ1n) is 4.21. The van der Waals surface area contributed by atoms with Gasteiger partial charge < -0.3 is 10.1 Å². The number of aromatic carboxylic acids is 1. The zero-order valence-corrected chi connectivity index (χ0v) is 9.15. The molecule has 0 amide bonds. The smallest absolute Gasteiger partial charge is 0.335 e. The van der Waals surface area contributed by atoms with Gasteiger partial charge in [-0.05, 0) is 18.2 Å². The van der Waals surface area contributed by atoms with Crippen molar-refractivity contribution in [2.45, 2.75) is 0 Å². The van der Waals surface area contributed by atoms with Crippen LogP contribution in [0, 0.1) is 0 Å². The molecule has 15 heavy (non-hydrogen) atoms. The highest BCUT2D eigenvalue weighted by molar-refractivity contribution is 9.10. The van der Waals surface area contributed by atoms with Gasteiger partial charge in [0.1, 0.15) is 5.82 Å². The van der Waals surface area contributed by atoms with Crippen LogP contribution in [0.2, 0.25) is 0 Å². The third-order valence-electron chi connectivity index (χ3n) is 1.97. The minimum Gasteiger partial charge on any atom is -0.478 e. The van der Waals surface area contributed by atoms with Crippen LogP contribution in [0.4, 0.5) is 0 Å². The third kappa shape index (κ3) is 1.92. The van der Waals surface area contributed by atoms with Crippen LogP contribution in [0.3, 0.4) is 0 Å². The number of H-pyrrole nitrogens is 1. The van der Waals surface area contributed by atoms with E-state index in [1.165, 1.54) is 0 Å². The fourth-order valence-corrected chi connectivity index (χ4v) is 1.69. The topological polar surface area (TPSA) is 66.0 Å². The molecule has 0 aliphatic carbocycles. The molecule has 0 unspecified atom stereocenters. The van der Waals surface area contributed by atoms with Crippen molar-refractivity contribution in [2.24, 2.45) is 0 Å². The van der Waals surface area contributed by atoms with Crippen LogP contribution in [0.5, 0.6) is 0 Å². The SMILES string of the molecule is O=C(O)c1ccc(Br)c(-c2ncc[nH]2)c1. The van der Waals surface area contributed by atoms with E-state index in [9.17, 15) is 4.79 Å². The standard InChI is InChI=1S/C10H7BrN2O2/c11-8-2-1-6(10(14)15)5-7(8)9-12-3-4-13-9/h1-5H,(H,12,13)(H,14,15). The number of nitrogens with one attached hydrogen (secondary N) is 1. The molecule has 1 heterocycles. The van der Waals surface area contributed by atoms with Gasteiger partial charge in [0.2, 0.25) is 0 Å². The predicted octanol–water partition coefficient (Wildman–Crippen LogP) is 2.54. The maximum Gasteiger partial charge on any atom is 0.335 e. The van der Waals surface area contributed by atoms with Crippen LogP contribution in [0.1, 0.15) is 10.4 Å². The molecule has 1 aromatic carbocycles. The summed E-state index contributed by atoms with van der Waals surface area (Å²) in [7, 11) is 0. The second-order valence-corrected chi connectivity index (χ2v) is 3.79. The first-order chi connectivity index (χ1) is 7.18. The van der Waals surface area contributed by atoms with Gasteiger partial charge in [-0.3, -0.25) is 0 Å². The van der Waals surface area contributed by atoms with E-state index in [-0.39, 0.29) is 5.56 Å². The first kappa shape index (κ1) is 9.92. The van der Waals surface area contributed by atoms with E-state index >= 15 is 0 Å². The fourth-order valence-electron chi connectivity index (χ4n) is 1.25. The van der Waals surface area contributed by atoms with Crippen molar-refractivity contribution >= 4 is 21.9 Å². The van der Waals surface area contributed by atoms with Crippen LogP contribution in [0.25, 0.3) is 11.4 Å². The molecule has 2 rings (SSSR count). The number of carboxylic acids is 1. The molecule has 0 fully saturated rings. The first-order valence-corrected chi connectivity index (χ1v) is 5.00. The number of carboxylic acid groups (broad SMARTS) is 1. The summed E-state index contributed by atoms with van der Waals surface area (Å²) >= 11 is 3.35. The van der Waals surface area contributed by atoms with Crippen LogP contribution >= 0.6 is 15.9 Å². The van der Waals surface area contributed by atoms with Crippen molar-refractivity contribution in [2.75, 3.05) is 0 Å². The van der Waals surface area contributed by atoms with Gasteiger partial charge in [-0.1, -0.05) is 15.9 Å². The molecule has 0 saturated carbocycles. The van der Waals surface area contributed by atoms with E-state index in [0.29, 0.717) is 5.82 Å². The highest BCUT2D eigenvalue weighted by Crippen LogP contribution is 2.26. The van der Waals surface area contributed by atoms with Crippen molar-refractivity contribution in [3.05, 3.63) is 40.6 Å². The van der Waals surface area contributed by atoms with Crippen molar-refractivity contribution < 1.29 is 9.90 Å². The van der Waals surface area contributed by atoms with E-state index < -0.39 is 5.97 Å². The predicted molar refractivity (Wildman–Crippen MR) is 58.7 cm³/mol. The molecule has 0 aliphatic heterocycles. The molecule has 1 aromatic heterocycles. The van der Waals surface area contributed by atoms with Gasteiger partial charge in [-0.25, -0.2) is 9.78 Å². The molecule has 2 N–H and O–H groups in total. The fraction of sp³-hybridized carbons (Fsp3) is 0. The highest BCUT2D eigenvalue weighted by atomic mass is 79.9. The zero-order chi connectivity index (χ0) is 10.8. The number of hydrogen-bond acceptors (Lipinski definition) is 2. The van der Waals surface area contributed by atoms with Gasteiger partial charge >= 0.3 is 5.97 Å². The van der Waals surface area contributed by atoms with Crippen LogP contribution in [0.15, 0.2) is 35.1 Å². The molecular formula is C10H7BrN2O2. The van der Waals surface area contributed by atoms with E-state index in [1.54, 1.807) is 30.6 Å². The second kappa shape index (κ2) is 3.86. The van der Waals surface area contributed by atoms with Crippen molar-refractivity contribution in [1.82, 2.24) is 9.97 Å². The number of rotatable bonds is 2. The monoisotopic (exact) mass is 266 g/mol. The molecule has 0 radical (unpaired) electrons. The molecule has 2 aromatic rings. The number of hydrogen-bond donors (Lipinski definition) is 2. The molecule has 0 spiro atoms. The number of carbonyl (C=O) groups is 1. The van der Waals surface area contributed by atoms with Gasteiger partial charge in [0.05, 0.1) is 5.56 Å². The Balaban J connectivity index is 2.55. The molecule has 4 nitrogen and oxygen atoms in total. The average molecular weight is 267 g/mol. The average Bonchev–Trinajstić information content (AvgIpc) is 2.71. The number of halogens is 1. The molecule has 0 bridgehead atoms. The number of imidazole rings is 1. The lowest BCUT2D eigenvalue weighted by atomic mass is 10.1. The van der Waals surface area contributed by atoms with Crippen LogP contribution in [-0.2, 0) is 0 Å². The Hall–Kier alpha value is -1.62. The molecule has 0 aliphatic rings. The summed E-state index contributed by atoms with van der Waals surface area (Å²) in [5.41, 5.74) is 0.976. The summed E-state index contributed by atoms with van der Waals surface area (Å²) in [5, 5.41) is 8.85. The van der Waals surface area contributed by atoms with Crippen LogP contribution < -0.4 is 0 Å². The Morgan fingerprint density at radius 3 is 2.87 bits per heavy atom.